The Labute approximate surface area is 422 Å². The van der Waals surface area contributed by atoms with E-state index in [1.54, 1.807) is 0 Å². The van der Waals surface area contributed by atoms with Crippen molar-refractivity contribution in [2.24, 2.45) is 0 Å². The van der Waals surface area contributed by atoms with Gasteiger partial charge < -0.3 is 9.80 Å². The van der Waals surface area contributed by atoms with E-state index in [2.05, 4.69) is 291 Å². The summed E-state index contributed by atoms with van der Waals surface area (Å²) in [6, 6.07) is 99.2. The molecule has 0 saturated heterocycles. The average Bonchev–Trinajstić information content (AvgIpc) is 4.00. The molecule has 0 aliphatic heterocycles. The summed E-state index contributed by atoms with van der Waals surface area (Å²) in [5, 5.41) is 0. The van der Waals surface area contributed by atoms with Crippen LogP contribution in [0.2, 0.25) is 0 Å². The van der Waals surface area contributed by atoms with E-state index < -0.39 is 5.41 Å². The van der Waals surface area contributed by atoms with Gasteiger partial charge in [-0.3, -0.25) is 0 Å². The molecule has 1 atom stereocenters. The molecule has 3 aliphatic rings. The Morgan fingerprint density at radius 1 is 0.236 bits per heavy atom. The van der Waals surface area contributed by atoms with E-state index in [9.17, 15) is 0 Å². The summed E-state index contributed by atoms with van der Waals surface area (Å²) in [6.45, 7) is 4.74. The number of rotatable bonds is 8. The summed E-state index contributed by atoms with van der Waals surface area (Å²) in [5.41, 5.74) is 26.3. The van der Waals surface area contributed by atoms with Crippen LogP contribution in [0.4, 0.5) is 34.1 Å². The lowest BCUT2D eigenvalue weighted by Gasteiger charge is -2.34. The Kier molecular flexibility index (Phi) is 9.50. The van der Waals surface area contributed by atoms with Gasteiger partial charge in [-0.1, -0.05) is 220 Å². The zero-order valence-corrected chi connectivity index (χ0v) is 40.3. The molecule has 3 aliphatic carbocycles. The second-order valence-electron chi connectivity index (χ2n) is 20.0. The van der Waals surface area contributed by atoms with Crippen LogP contribution in [0, 0.1) is 0 Å². The first-order valence-corrected chi connectivity index (χ1v) is 25.2. The maximum absolute atomic E-state index is 2.52. The molecule has 0 saturated carbocycles. The predicted molar refractivity (Wildman–Crippen MR) is 301 cm³/mol. The van der Waals surface area contributed by atoms with E-state index in [4.69, 9.17) is 0 Å². The van der Waals surface area contributed by atoms with Gasteiger partial charge in [-0.15, -0.1) is 0 Å². The van der Waals surface area contributed by atoms with Gasteiger partial charge in [-0.2, -0.15) is 0 Å². The van der Waals surface area contributed by atoms with Crippen LogP contribution in [0.15, 0.2) is 267 Å². The Bertz CT molecular complexity index is 3820. The summed E-state index contributed by atoms with van der Waals surface area (Å²) in [5.74, 6) is 0. The van der Waals surface area contributed by atoms with Gasteiger partial charge in [0.1, 0.15) is 0 Å². The average molecular weight is 919 g/mol. The molecule has 0 heterocycles. The first-order valence-electron chi connectivity index (χ1n) is 25.2. The zero-order valence-electron chi connectivity index (χ0n) is 40.3. The van der Waals surface area contributed by atoms with Crippen molar-refractivity contribution in [2.45, 2.75) is 24.7 Å². The molecule has 0 bridgehead atoms. The van der Waals surface area contributed by atoms with Crippen LogP contribution in [-0.2, 0) is 10.8 Å². The molecule has 0 aromatic heterocycles. The monoisotopic (exact) mass is 918 g/mol. The molecular formula is C70H50N2. The van der Waals surface area contributed by atoms with Crippen molar-refractivity contribution in [3.8, 4) is 55.6 Å². The lowest BCUT2D eigenvalue weighted by atomic mass is 9.70. The Hall–Kier alpha value is -8.98. The zero-order chi connectivity index (χ0) is 48.0. The van der Waals surface area contributed by atoms with Crippen LogP contribution >= 0.6 is 0 Å². The van der Waals surface area contributed by atoms with Crippen LogP contribution in [0.5, 0.6) is 0 Å². The van der Waals surface area contributed by atoms with Crippen molar-refractivity contribution in [1.29, 1.82) is 0 Å². The van der Waals surface area contributed by atoms with E-state index in [1.807, 2.05) is 0 Å². The minimum absolute atomic E-state index is 0.139. The third-order valence-corrected chi connectivity index (χ3v) is 15.9. The van der Waals surface area contributed by atoms with Gasteiger partial charge in [-0.05, 0) is 139 Å². The molecule has 14 rings (SSSR count). The van der Waals surface area contributed by atoms with Gasteiger partial charge >= 0.3 is 0 Å². The van der Waals surface area contributed by atoms with Gasteiger partial charge in [0.15, 0.2) is 0 Å². The van der Waals surface area contributed by atoms with Gasteiger partial charge in [0.25, 0.3) is 0 Å². The Balaban J connectivity index is 1.02. The molecule has 1 unspecified atom stereocenters. The molecule has 1 spiro atoms. The van der Waals surface area contributed by atoms with Crippen molar-refractivity contribution in [3.05, 3.63) is 300 Å². The fourth-order valence-corrected chi connectivity index (χ4v) is 12.7. The highest BCUT2D eigenvalue weighted by Crippen LogP contribution is 2.64. The van der Waals surface area contributed by atoms with Crippen molar-refractivity contribution >= 4 is 34.1 Å². The Morgan fingerprint density at radius 2 is 0.569 bits per heavy atom. The topological polar surface area (TPSA) is 6.48 Å². The third kappa shape index (κ3) is 6.15. The van der Waals surface area contributed by atoms with Crippen LogP contribution in [0.25, 0.3) is 55.6 Å². The highest BCUT2D eigenvalue weighted by Gasteiger charge is 2.52. The molecule has 0 fully saturated rings. The van der Waals surface area contributed by atoms with E-state index in [0.717, 1.165) is 34.1 Å². The molecule has 0 amide bonds. The van der Waals surface area contributed by atoms with Gasteiger partial charge in [-0.25, -0.2) is 0 Å². The second-order valence-corrected chi connectivity index (χ2v) is 20.0. The molecule has 11 aromatic rings. The molecule has 11 aromatic carbocycles. The molecule has 72 heavy (non-hydrogen) atoms. The second kappa shape index (κ2) is 16.3. The molecule has 0 N–H and O–H groups in total. The molecular weight excluding hydrogens is 869 g/mol. The summed E-state index contributed by atoms with van der Waals surface area (Å²) in [7, 11) is 0. The molecule has 2 nitrogen and oxygen atoms in total. The fourth-order valence-electron chi connectivity index (χ4n) is 12.7. The minimum Gasteiger partial charge on any atom is -0.310 e. The van der Waals surface area contributed by atoms with E-state index >= 15 is 0 Å². The number of hydrogen-bond acceptors (Lipinski definition) is 2. The number of hydrogen-bond donors (Lipinski definition) is 0. The smallest absolute Gasteiger partial charge is 0.0727 e. The van der Waals surface area contributed by atoms with Gasteiger partial charge in [0, 0.05) is 45.0 Å². The summed E-state index contributed by atoms with van der Waals surface area (Å²) in [6.07, 6.45) is 0. The number of benzene rings is 11. The first-order chi connectivity index (χ1) is 35.5. The standard InChI is InChI=1S/C70H50N2/c1-69(2)62-35-18-15-30-56(62)59-41-38-51(44-65(59)69)71(49-26-11-5-12-27-49)52-39-42-60-57-31-16-19-36-63(57)70(66(60)45-52)64-37-20-17-32-58(64)61-43-40-53(46-67(61)70)72(50-28-13-6-14-29-50)68-54(47-22-7-3-8-23-47)33-21-34-55(68)48-24-9-4-10-25-48/h3-46H,1-2H3. The maximum Gasteiger partial charge on any atom is 0.0727 e. The number of para-hydroxylation sites is 3. The maximum atomic E-state index is 2.52. The number of fused-ring (bicyclic) bond motifs is 13. The van der Waals surface area contributed by atoms with Crippen LogP contribution in [0.3, 0.4) is 0 Å². The van der Waals surface area contributed by atoms with E-state index in [1.165, 1.54) is 89.0 Å². The Morgan fingerprint density at radius 3 is 1.06 bits per heavy atom. The summed E-state index contributed by atoms with van der Waals surface area (Å²) < 4.78 is 0. The first kappa shape index (κ1) is 41.9. The highest BCUT2D eigenvalue weighted by molar-refractivity contribution is 6.01. The highest BCUT2D eigenvalue weighted by atomic mass is 15.2. The quantitative estimate of drug-likeness (QED) is 0.150. The van der Waals surface area contributed by atoms with Crippen molar-refractivity contribution in [2.75, 3.05) is 9.80 Å². The minimum atomic E-state index is -0.614. The van der Waals surface area contributed by atoms with E-state index in [-0.39, 0.29) is 5.41 Å². The van der Waals surface area contributed by atoms with Crippen molar-refractivity contribution in [3.63, 3.8) is 0 Å². The molecule has 340 valence electrons. The van der Waals surface area contributed by atoms with Crippen LogP contribution in [-0.4, -0.2) is 0 Å². The van der Waals surface area contributed by atoms with Crippen molar-refractivity contribution < 1.29 is 0 Å². The van der Waals surface area contributed by atoms with E-state index in [0.29, 0.717) is 0 Å². The van der Waals surface area contributed by atoms with Gasteiger partial charge in [0.05, 0.1) is 11.1 Å². The SMILES string of the molecule is CC1(C)c2ccccc2-c2ccc(N(c3ccccc3)c3ccc4c(c3)C3(c5ccccc5-4)c4ccccc4-c4ccc(N(c5ccccc5)c5c(-c6ccccc6)cccc5-c5ccccc5)cc43)cc21. The van der Waals surface area contributed by atoms with Crippen LogP contribution < -0.4 is 9.80 Å². The number of nitrogens with zero attached hydrogens (tertiary/aromatic N) is 2. The normalized spacial score (nSPS) is 15.0. The summed E-state index contributed by atoms with van der Waals surface area (Å²) >= 11 is 0. The molecule has 2 heteroatoms. The fraction of sp³-hybridized carbons (Fsp3) is 0.0571. The largest absolute Gasteiger partial charge is 0.310 e. The lowest BCUT2D eigenvalue weighted by molar-refractivity contribution is 0.660. The van der Waals surface area contributed by atoms with Crippen LogP contribution in [0.1, 0.15) is 47.2 Å². The lowest BCUT2D eigenvalue weighted by Crippen LogP contribution is -2.26. The predicted octanol–water partition coefficient (Wildman–Crippen LogP) is 18.6. The van der Waals surface area contributed by atoms with Gasteiger partial charge in [0.2, 0.25) is 0 Å². The number of anilines is 6. The third-order valence-electron chi connectivity index (χ3n) is 15.9. The van der Waals surface area contributed by atoms with Crippen molar-refractivity contribution in [1.82, 2.24) is 0 Å². The summed E-state index contributed by atoms with van der Waals surface area (Å²) in [4.78, 5) is 4.97. The molecule has 0 radical (unpaired) electrons.